The van der Waals surface area contributed by atoms with Gasteiger partial charge >= 0.3 is 0 Å². The summed E-state index contributed by atoms with van der Waals surface area (Å²) in [5.74, 6) is -0.0397. The number of non-ortho nitro benzene ring substituents is 1. The number of thioether (sulfide) groups is 1. The van der Waals surface area contributed by atoms with Crippen molar-refractivity contribution in [3.63, 3.8) is 0 Å². The monoisotopic (exact) mass is 397 g/mol. The molecule has 0 radical (unpaired) electrons. The summed E-state index contributed by atoms with van der Waals surface area (Å²) >= 11 is 2.97. The van der Waals surface area contributed by atoms with Crippen LogP contribution < -0.4 is 4.72 Å². The van der Waals surface area contributed by atoms with E-state index in [0.717, 1.165) is 25.3 Å². The van der Waals surface area contributed by atoms with Gasteiger partial charge in [0.15, 0.2) is 0 Å². The topological polar surface area (TPSA) is 79.0 Å². The lowest BCUT2D eigenvalue weighted by Crippen LogP contribution is -2.43. The first-order valence-corrected chi connectivity index (χ1v) is 10.3. The zero-order valence-electron chi connectivity index (χ0n) is 15.5. The van der Waals surface area contributed by atoms with Gasteiger partial charge in [-0.25, -0.2) is 4.39 Å². The molecule has 0 aromatic heterocycles. The van der Waals surface area contributed by atoms with E-state index in [9.17, 15) is 19.8 Å². The van der Waals surface area contributed by atoms with Crippen LogP contribution in [0.3, 0.4) is 0 Å². The number of nitrogens with zero attached hydrogens (tertiary/aromatic N) is 2. The van der Waals surface area contributed by atoms with Gasteiger partial charge in [0, 0.05) is 28.2 Å². The maximum absolute atomic E-state index is 14.6. The van der Waals surface area contributed by atoms with Crippen molar-refractivity contribution in [3.05, 3.63) is 39.7 Å². The summed E-state index contributed by atoms with van der Waals surface area (Å²) in [6.45, 7) is 7.94. The maximum Gasteiger partial charge on any atom is 0.269 e. The number of halogens is 1. The van der Waals surface area contributed by atoms with Gasteiger partial charge in [0.1, 0.15) is 10.6 Å². The fourth-order valence-corrected chi connectivity index (χ4v) is 4.79. The molecule has 1 atom stereocenters. The summed E-state index contributed by atoms with van der Waals surface area (Å²) in [4.78, 5) is 10.6. The van der Waals surface area contributed by atoms with Crippen molar-refractivity contribution in [2.24, 2.45) is 0 Å². The Morgan fingerprint density at radius 3 is 2.50 bits per heavy atom. The van der Waals surface area contributed by atoms with Crippen LogP contribution in [0.2, 0.25) is 0 Å². The van der Waals surface area contributed by atoms with Crippen molar-refractivity contribution >= 4 is 29.4 Å². The number of nitro benzene ring substituents is 1. The number of hydrogen-bond acceptors (Lipinski definition) is 6. The summed E-state index contributed by atoms with van der Waals surface area (Å²) < 4.78 is 17.4. The van der Waals surface area contributed by atoms with Crippen molar-refractivity contribution < 1.29 is 9.31 Å². The van der Waals surface area contributed by atoms with Gasteiger partial charge in [-0.05, 0) is 53.0 Å². The fraction of sp³-hybridized carbons (Fsp3) is 0.611. The molecule has 142 valence electrons. The average molecular weight is 398 g/mol. The molecule has 1 aromatic rings. The van der Waals surface area contributed by atoms with Crippen molar-refractivity contribution in [2.75, 3.05) is 5.75 Å². The van der Waals surface area contributed by atoms with Crippen molar-refractivity contribution in [1.82, 2.24) is 4.72 Å². The quantitative estimate of drug-likeness (QED) is 0.389. The van der Waals surface area contributed by atoms with Crippen molar-refractivity contribution in [1.29, 1.82) is 5.26 Å². The Labute approximate surface area is 162 Å². The van der Waals surface area contributed by atoms with E-state index in [-0.39, 0.29) is 16.0 Å². The van der Waals surface area contributed by atoms with Crippen LogP contribution in [0.25, 0.3) is 0 Å². The second-order valence-corrected chi connectivity index (χ2v) is 10.8. The standard InChI is InChI=1S/C18H24FN3O2S2/c1-16(2,3)26-21-17(4,12-25-18(11-20)8-5-9-18)14-10-13(22(23)24)6-7-15(14)19/h6-7,10,21H,5,8-9,12H2,1-4H3/t17-/m0/s1. The third-order valence-corrected chi connectivity index (χ3v) is 7.28. The number of nitro groups is 1. The van der Waals surface area contributed by atoms with Gasteiger partial charge in [-0.2, -0.15) is 5.26 Å². The molecule has 0 heterocycles. The molecule has 1 aliphatic carbocycles. The molecule has 8 heteroatoms. The van der Waals surface area contributed by atoms with E-state index in [4.69, 9.17) is 0 Å². The van der Waals surface area contributed by atoms with Gasteiger partial charge in [0.2, 0.25) is 0 Å². The molecular weight excluding hydrogens is 373 g/mol. The lowest BCUT2D eigenvalue weighted by Gasteiger charge is -2.39. The molecule has 2 rings (SSSR count). The second kappa shape index (κ2) is 7.75. The predicted molar refractivity (Wildman–Crippen MR) is 106 cm³/mol. The highest BCUT2D eigenvalue weighted by Gasteiger charge is 2.41. The number of rotatable bonds is 7. The van der Waals surface area contributed by atoms with Gasteiger partial charge in [-0.3, -0.25) is 14.8 Å². The molecule has 1 saturated carbocycles. The number of hydrogen-bond donors (Lipinski definition) is 1. The minimum absolute atomic E-state index is 0.119. The van der Waals surface area contributed by atoms with E-state index >= 15 is 0 Å². The minimum Gasteiger partial charge on any atom is -0.258 e. The van der Waals surface area contributed by atoms with Gasteiger partial charge in [-0.1, -0.05) is 11.9 Å². The summed E-state index contributed by atoms with van der Waals surface area (Å²) in [6, 6.07) is 5.99. The van der Waals surface area contributed by atoms with Gasteiger partial charge < -0.3 is 0 Å². The van der Waals surface area contributed by atoms with Crippen LogP contribution in [0.5, 0.6) is 0 Å². The Balaban J connectivity index is 2.35. The minimum atomic E-state index is -0.849. The zero-order valence-corrected chi connectivity index (χ0v) is 17.1. The van der Waals surface area contributed by atoms with Crippen LogP contribution in [0.15, 0.2) is 18.2 Å². The van der Waals surface area contributed by atoms with Crippen molar-refractivity contribution in [2.45, 2.75) is 62.0 Å². The van der Waals surface area contributed by atoms with Crippen LogP contribution >= 0.6 is 23.7 Å². The SMILES string of the molecule is CC(C)(C)SN[C@@](C)(CSC1(C#N)CCC1)c1cc([N+](=O)[O-])ccc1F. The summed E-state index contributed by atoms with van der Waals surface area (Å²) in [7, 11) is 0. The normalized spacial score (nSPS) is 18.5. The highest BCUT2D eigenvalue weighted by atomic mass is 32.2. The molecule has 0 unspecified atom stereocenters. The summed E-state index contributed by atoms with van der Waals surface area (Å²) in [6.07, 6.45) is 2.68. The predicted octanol–water partition coefficient (Wildman–Crippen LogP) is 5.16. The Morgan fingerprint density at radius 2 is 2.04 bits per heavy atom. The first kappa shape index (κ1) is 21.0. The van der Waals surface area contributed by atoms with E-state index in [1.807, 2.05) is 27.7 Å². The fourth-order valence-electron chi connectivity index (χ4n) is 2.55. The second-order valence-electron chi connectivity index (χ2n) is 7.82. The van der Waals surface area contributed by atoms with Crippen LogP contribution in [0.1, 0.15) is 52.5 Å². The van der Waals surface area contributed by atoms with E-state index in [2.05, 4.69) is 10.8 Å². The highest BCUT2D eigenvalue weighted by molar-refractivity contribution is 8.01. The van der Waals surface area contributed by atoms with E-state index < -0.39 is 21.0 Å². The largest absolute Gasteiger partial charge is 0.269 e. The first-order valence-electron chi connectivity index (χ1n) is 8.45. The molecule has 1 N–H and O–H groups in total. The molecule has 0 saturated heterocycles. The molecular formula is C18H24FN3O2S2. The smallest absolute Gasteiger partial charge is 0.258 e. The van der Waals surface area contributed by atoms with Crippen LogP contribution in [-0.2, 0) is 5.54 Å². The number of nitrogens with one attached hydrogen (secondary N) is 1. The molecule has 0 amide bonds. The third-order valence-electron chi connectivity index (χ3n) is 4.34. The average Bonchev–Trinajstić information content (AvgIpc) is 2.52. The van der Waals surface area contributed by atoms with E-state index in [0.29, 0.717) is 5.75 Å². The highest BCUT2D eigenvalue weighted by Crippen LogP contribution is 2.46. The molecule has 1 aromatic carbocycles. The Bertz CT molecular complexity index is 726. The lowest BCUT2D eigenvalue weighted by atomic mass is 9.86. The Morgan fingerprint density at radius 1 is 1.38 bits per heavy atom. The number of nitriles is 1. The molecule has 0 bridgehead atoms. The zero-order chi connectivity index (χ0) is 19.6. The molecule has 1 fully saturated rings. The summed E-state index contributed by atoms with van der Waals surface area (Å²) in [5.41, 5.74) is -0.736. The van der Waals surface area contributed by atoms with Crippen LogP contribution in [-0.4, -0.2) is 20.2 Å². The molecule has 1 aliphatic rings. The molecule has 0 spiro atoms. The number of benzene rings is 1. The van der Waals surface area contributed by atoms with Crippen LogP contribution in [0, 0.1) is 27.3 Å². The van der Waals surface area contributed by atoms with E-state index in [1.54, 1.807) is 0 Å². The van der Waals surface area contributed by atoms with Crippen LogP contribution in [0.4, 0.5) is 10.1 Å². The third kappa shape index (κ3) is 4.90. The Kier molecular flexibility index (Phi) is 6.26. The maximum atomic E-state index is 14.6. The van der Waals surface area contributed by atoms with Gasteiger partial charge in [-0.15, -0.1) is 11.8 Å². The lowest BCUT2D eigenvalue weighted by molar-refractivity contribution is -0.385. The first-order chi connectivity index (χ1) is 12.0. The van der Waals surface area contributed by atoms with E-state index in [1.165, 1.54) is 35.8 Å². The summed E-state index contributed by atoms with van der Waals surface area (Å²) in [5, 5.41) is 20.6. The molecule has 26 heavy (non-hydrogen) atoms. The van der Waals surface area contributed by atoms with Crippen molar-refractivity contribution in [3.8, 4) is 6.07 Å². The van der Waals surface area contributed by atoms with Gasteiger partial charge in [0.25, 0.3) is 5.69 Å². The molecule has 5 nitrogen and oxygen atoms in total. The Hall–Kier alpha value is -1.30. The van der Waals surface area contributed by atoms with Gasteiger partial charge in [0.05, 0.1) is 16.5 Å². The molecule has 0 aliphatic heterocycles.